The largest absolute Gasteiger partial charge is 0.507 e. The molecular weight excluding hydrogens is 560 g/mol. The number of nitrogens with zero attached hydrogens (tertiary/aromatic N) is 2. The van der Waals surface area contributed by atoms with Crippen LogP contribution in [0.1, 0.15) is 59.7 Å². The van der Waals surface area contributed by atoms with Crippen LogP contribution in [0, 0.1) is 12.8 Å². The number of ketones is 1. The lowest BCUT2D eigenvalue weighted by atomic mass is 9.95. The Morgan fingerprint density at radius 2 is 1.90 bits per heavy atom. The van der Waals surface area contributed by atoms with Gasteiger partial charge in [-0.05, 0) is 62.1 Å². The SMILES string of the molecule is CCOC(=O)c1sc(N2C(=O)C(=O)/C(=C(/O)c3ccc4c(c3)OCCO4)[C@@H]2c2cccc(OCCC(C)C)c2)nc1C. The number of hydrogen-bond donors (Lipinski definition) is 1. The molecule has 2 aliphatic rings. The molecule has 0 bridgehead atoms. The van der Waals surface area contributed by atoms with Crippen molar-refractivity contribution in [2.75, 3.05) is 31.3 Å². The molecule has 0 aliphatic carbocycles. The monoisotopic (exact) mass is 592 g/mol. The van der Waals surface area contributed by atoms with Gasteiger partial charge in [-0.3, -0.25) is 14.5 Å². The summed E-state index contributed by atoms with van der Waals surface area (Å²) < 4.78 is 22.4. The van der Waals surface area contributed by atoms with Crippen LogP contribution in [0.3, 0.4) is 0 Å². The summed E-state index contributed by atoms with van der Waals surface area (Å²) in [5, 5.41) is 11.7. The topological polar surface area (TPSA) is 124 Å². The van der Waals surface area contributed by atoms with Crippen LogP contribution in [0.15, 0.2) is 48.0 Å². The number of thiazole rings is 1. The molecule has 2 aromatic carbocycles. The third-order valence-corrected chi connectivity index (χ3v) is 7.99. The zero-order chi connectivity index (χ0) is 30.0. The summed E-state index contributed by atoms with van der Waals surface area (Å²) in [6, 6.07) is 10.8. The Morgan fingerprint density at radius 1 is 1.14 bits per heavy atom. The number of benzene rings is 2. The number of hydrogen-bond acceptors (Lipinski definition) is 10. The second kappa shape index (κ2) is 12.2. The molecule has 1 saturated heterocycles. The van der Waals surface area contributed by atoms with Gasteiger partial charge in [0.1, 0.15) is 29.6 Å². The van der Waals surface area contributed by atoms with Crippen molar-refractivity contribution in [1.29, 1.82) is 0 Å². The van der Waals surface area contributed by atoms with Crippen molar-refractivity contribution >= 4 is 39.9 Å². The average Bonchev–Trinajstić information content (AvgIpc) is 3.48. The van der Waals surface area contributed by atoms with Gasteiger partial charge in [-0.1, -0.05) is 37.3 Å². The first-order valence-electron chi connectivity index (χ1n) is 13.8. The first-order valence-corrected chi connectivity index (χ1v) is 14.6. The Kier molecular flexibility index (Phi) is 8.49. The molecule has 1 amide bonds. The summed E-state index contributed by atoms with van der Waals surface area (Å²) in [7, 11) is 0. The van der Waals surface area contributed by atoms with Crippen molar-refractivity contribution < 1.29 is 38.4 Å². The van der Waals surface area contributed by atoms with E-state index in [2.05, 4.69) is 18.8 Å². The summed E-state index contributed by atoms with van der Waals surface area (Å²) in [6.07, 6.45) is 0.849. The van der Waals surface area contributed by atoms with Gasteiger partial charge in [0.15, 0.2) is 16.6 Å². The van der Waals surface area contributed by atoms with Gasteiger partial charge < -0.3 is 24.1 Å². The molecule has 0 radical (unpaired) electrons. The standard InChI is InChI=1S/C31H32N2O8S/c1-5-38-30(37)28-18(4)32-31(42-28)33-25(19-7-6-8-21(15-19)39-12-11-17(2)3)24(27(35)29(33)36)26(34)20-9-10-22-23(16-20)41-14-13-40-22/h6-10,15-17,25,34H,5,11-14H2,1-4H3/b26-24+/t25-/m0/s1. The number of aryl methyl sites for hydroxylation is 1. The van der Waals surface area contributed by atoms with Crippen molar-refractivity contribution in [2.45, 2.75) is 40.2 Å². The molecule has 0 saturated carbocycles. The predicted molar refractivity (Wildman–Crippen MR) is 156 cm³/mol. The molecule has 1 fully saturated rings. The Balaban J connectivity index is 1.63. The summed E-state index contributed by atoms with van der Waals surface area (Å²) in [5.74, 6) is -0.754. The van der Waals surface area contributed by atoms with Crippen LogP contribution in [0.5, 0.6) is 17.2 Å². The van der Waals surface area contributed by atoms with Crippen molar-refractivity contribution in [3.63, 3.8) is 0 Å². The van der Waals surface area contributed by atoms with Crippen LogP contribution in [0.2, 0.25) is 0 Å². The second-order valence-electron chi connectivity index (χ2n) is 10.3. The van der Waals surface area contributed by atoms with E-state index >= 15 is 0 Å². The fourth-order valence-corrected chi connectivity index (χ4v) is 5.74. The second-order valence-corrected chi connectivity index (χ2v) is 11.2. The van der Waals surface area contributed by atoms with Crippen molar-refractivity contribution in [3.8, 4) is 17.2 Å². The molecule has 0 unspecified atom stereocenters. The van der Waals surface area contributed by atoms with E-state index in [-0.39, 0.29) is 33.5 Å². The summed E-state index contributed by atoms with van der Waals surface area (Å²) in [5.41, 5.74) is 1.06. The van der Waals surface area contributed by atoms with Crippen LogP contribution < -0.4 is 19.1 Å². The van der Waals surface area contributed by atoms with Gasteiger partial charge in [0.2, 0.25) is 0 Å². The van der Waals surface area contributed by atoms with Crippen molar-refractivity contribution in [2.24, 2.45) is 5.92 Å². The van der Waals surface area contributed by atoms with Gasteiger partial charge in [0.25, 0.3) is 5.78 Å². The number of amides is 1. The van der Waals surface area contributed by atoms with E-state index in [9.17, 15) is 19.5 Å². The molecule has 5 rings (SSSR count). The molecule has 2 aliphatic heterocycles. The fourth-order valence-electron chi connectivity index (χ4n) is 4.75. The molecule has 1 aromatic heterocycles. The molecule has 42 heavy (non-hydrogen) atoms. The Hall–Kier alpha value is -4.38. The van der Waals surface area contributed by atoms with Gasteiger partial charge in [0.05, 0.1) is 30.5 Å². The number of aliphatic hydroxyl groups excluding tert-OH is 1. The maximum Gasteiger partial charge on any atom is 0.350 e. The summed E-state index contributed by atoms with van der Waals surface area (Å²) >= 11 is 0.954. The van der Waals surface area contributed by atoms with E-state index in [0.29, 0.717) is 54.2 Å². The smallest absolute Gasteiger partial charge is 0.350 e. The van der Waals surface area contributed by atoms with Crippen LogP contribution in [-0.4, -0.2) is 54.2 Å². The number of rotatable bonds is 9. The minimum Gasteiger partial charge on any atom is -0.507 e. The minimum atomic E-state index is -1.05. The fraction of sp³-hybridized carbons (Fsp3) is 0.355. The third-order valence-electron chi connectivity index (χ3n) is 6.85. The van der Waals surface area contributed by atoms with Gasteiger partial charge >= 0.3 is 11.9 Å². The molecule has 11 heteroatoms. The van der Waals surface area contributed by atoms with E-state index in [4.69, 9.17) is 18.9 Å². The van der Waals surface area contributed by atoms with Gasteiger partial charge in [0, 0.05) is 5.56 Å². The van der Waals surface area contributed by atoms with Gasteiger partial charge in [-0.25, -0.2) is 9.78 Å². The number of fused-ring (bicyclic) bond motifs is 1. The van der Waals surface area contributed by atoms with Crippen LogP contribution in [0.4, 0.5) is 5.13 Å². The molecular formula is C31H32N2O8S. The molecule has 3 aromatic rings. The Morgan fingerprint density at radius 3 is 2.64 bits per heavy atom. The summed E-state index contributed by atoms with van der Waals surface area (Å²) in [4.78, 5) is 45.7. The number of Topliss-reactive ketones (excluding diaryl/α,β-unsaturated/α-hetero) is 1. The maximum atomic E-state index is 13.6. The zero-order valence-electron chi connectivity index (χ0n) is 23.8. The highest BCUT2D eigenvalue weighted by atomic mass is 32.1. The molecule has 10 nitrogen and oxygen atoms in total. The first-order chi connectivity index (χ1) is 20.2. The number of ether oxygens (including phenoxy) is 4. The number of anilines is 1. The Bertz CT molecular complexity index is 1560. The first kappa shape index (κ1) is 29.1. The molecule has 1 atom stereocenters. The number of carbonyl (C=O) groups is 3. The van der Waals surface area contributed by atoms with E-state index in [1.807, 2.05) is 0 Å². The van der Waals surface area contributed by atoms with Gasteiger partial charge in [-0.15, -0.1) is 0 Å². The van der Waals surface area contributed by atoms with Crippen LogP contribution >= 0.6 is 11.3 Å². The van der Waals surface area contributed by atoms with E-state index in [1.54, 1.807) is 56.3 Å². The highest BCUT2D eigenvalue weighted by Crippen LogP contribution is 2.45. The van der Waals surface area contributed by atoms with E-state index < -0.39 is 23.7 Å². The van der Waals surface area contributed by atoms with E-state index in [0.717, 1.165) is 17.8 Å². The normalized spacial score (nSPS) is 17.5. The highest BCUT2D eigenvalue weighted by molar-refractivity contribution is 7.17. The number of carbonyl (C=O) groups excluding carboxylic acids is 3. The third kappa shape index (κ3) is 5.69. The minimum absolute atomic E-state index is 0.124. The summed E-state index contributed by atoms with van der Waals surface area (Å²) in [6.45, 7) is 8.95. The number of aromatic nitrogens is 1. The van der Waals surface area contributed by atoms with Crippen molar-refractivity contribution in [3.05, 3.63) is 69.7 Å². The lowest BCUT2D eigenvalue weighted by molar-refractivity contribution is -0.132. The number of aliphatic hydroxyl groups is 1. The average molecular weight is 593 g/mol. The maximum absolute atomic E-state index is 13.6. The molecule has 3 heterocycles. The molecule has 220 valence electrons. The lowest BCUT2D eigenvalue weighted by Gasteiger charge is -2.24. The van der Waals surface area contributed by atoms with E-state index in [1.165, 1.54) is 4.90 Å². The number of esters is 1. The molecule has 0 spiro atoms. The van der Waals surface area contributed by atoms with Crippen molar-refractivity contribution in [1.82, 2.24) is 4.98 Å². The highest BCUT2D eigenvalue weighted by Gasteiger charge is 2.48. The lowest BCUT2D eigenvalue weighted by Crippen LogP contribution is -2.29. The Labute approximate surface area is 247 Å². The molecule has 1 N–H and O–H groups in total. The zero-order valence-corrected chi connectivity index (χ0v) is 24.7. The quantitative estimate of drug-likeness (QED) is 0.149. The van der Waals surface area contributed by atoms with Crippen LogP contribution in [0.25, 0.3) is 5.76 Å². The van der Waals surface area contributed by atoms with Crippen LogP contribution in [-0.2, 0) is 14.3 Å². The van der Waals surface area contributed by atoms with Gasteiger partial charge in [-0.2, -0.15) is 0 Å². The predicted octanol–water partition coefficient (Wildman–Crippen LogP) is 5.45.